The first-order valence-electron chi connectivity index (χ1n) is 7.27. The molecule has 0 radical (unpaired) electrons. The summed E-state index contributed by atoms with van der Waals surface area (Å²) in [5.41, 5.74) is 10.5. The Morgan fingerprint density at radius 1 is 1.09 bits per heavy atom. The van der Waals surface area contributed by atoms with Crippen LogP contribution in [0.15, 0.2) is 30.3 Å². The smallest absolute Gasteiger partial charge is 0.161 e. The fourth-order valence-corrected chi connectivity index (χ4v) is 3.28. The number of nitrogens with two attached hydrogens (primary N) is 2. The molecule has 1 atom stereocenters. The average Bonchev–Trinajstić information content (AvgIpc) is 2.53. The molecule has 4 nitrogen and oxygen atoms in total. The monoisotopic (exact) mass is 319 g/mol. The summed E-state index contributed by atoms with van der Waals surface area (Å²) in [6, 6.07) is 9.98. The molecular formula is C17H20ClN2O2+. The van der Waals surface area contributed by atoms with Crippen LogP contribution >= 0.6 is 11.6 Å². The van der Waals surface area contributed by atoms with Gasteiger partial charge in [0.2, 0.25) is 0 Å². The van der Waals surface area contributed by atoms with E-state index in [4.69, 9.17) is 26.8 Å². The van der Waals surface area contributed by atoms with Crippen molar-refractivity contribution in [3.63, 3.8) is 0 Å². The van der Waals surface area contributed by atoms with Gasteiger partial charge in [-0.05, 0) is 35.9 Å². The summed E-state index contributed by atoms with van der Waals surface area (Å²) in [7, 11) is 3.32. The lowest BCUT2D eigenvalue weighted by Crippen LogP contribution is -2.87. The van der Waals surface area contributed by atoms with E-state index < -0.39 is 0 Å². The molecule has 0 unspecified atom stereocenters. The quantitative estimate of drug-likeness (QED) is 0.852. The zero-order chi connectivity index (χ0) is 15.7. The summed E-state index contributed by atoms with van der Waals surface area (Å²) in [6.45, 7) is 1.01. The Morgan fingerprint density at radius 3 is 2.50 bits per heavy atom. The topological polar surface area (TPSA) is 61.1 Å². The number of halogens is 1. The molecule has 0 aromatic heterocycles. The molecule has 116 valence electrons. The Bertz CT molecular complexity index is 703. The maximum absolute atomic E-state index is 6.18. The van der Waals surface area contributed by atoms with Crippen molar-refractivity contribution in [1.29, 1.82) is 0 Å². The van der Waals surface area contributed by atoms with Gasteiger partial charge in [0, 0.05) is 28.3 Å². The van der Waals surface area contributed by atoms with E-state index in [2.05, 4.69) is 17.4 Å². The molecule has 2 aromatic rings. The summed E-state index contributed by atoms with van der Waals surface area (Å²) < 4.78 is 10.8. The normalized spacial score (nSPS) is 17.0. The molecule has 3 rings (SSSR count). The third-order valence-corrected chi connectivity index (χ3v) is 4.42. The molecule has 0 bridgehead atoms. The van der Waals surface area contributed by atoms with Crippen molar-refractivity contribution < 1.29 is 14.8 Å². The number of methoxy groups -OCH3 is 2. The third-order valence-electron chi connectivity index (χ3n) is 4.18. The number of anilines is 1. The SMILES string of the molecule is COc1cc2c(cc1OC)[C@H](c1ccc(Cl)cc1N)[NH2+]CC2. The van der Waals surface area contributed by atoms with Gasteiger partial charge in [-0.15, -0.1) is 0 Å². The van der Waals surface area contributed by atoms with Crippen molar-refractivity contribution in [3.8, 4) is 11.5 Å². The molecule has 1 aliphatic rings. The average molecular weight is 320 g/mol. The van der Waals surface area contributed by atoms with Crippen molar-refractivity contribution in [2.75, 3.05) is 26.5 Å². The van der Waals surface area contributed by atoms with Crippen LogP contribution in [0.1, 0.15) is 22.7 Å². The van der Waals surface area contributed by atoms with E-state index in [-0.39, 0.29) is 6.04 Å². The van der Waals surface area contributed by atoms with Crippen molar-refractivity contribution >= 4 is 17.3 Å². The fraction of sp³-hybridized carbons (Fsp3) is 0.294. The van der Waals surface area contributed by atoms with Crippen LogP contribution in [0.25, 0.3) is 0 Å². The highest BCUT2D eigenvalue weighted by Crippen LogP contribution is 2.37. The number of rotatable bonds is 3. The Morgan fingerprint density at radius 2 is 1.82 bits per heavy atom. The molecule has 0 saturated carbocycles. The molecule has 0 aliphatic carbocycles. The van der Waals surface area contributed by atoms with Crippen LogP contribution in [0.5, 0.6) is 11.5 Å². The maximum Gasteiger partial charge on any atom is 0.161 e. The largest absolute Gasteiger partial charge is 0.493 e. The van der Waals surface area contributed by atoms with Crippen LogP contribution in [-0.2, 0) is 6.42 Å². The van der Waals surface area contributed by atoms with Crippen LogP contribution < -0.4 is 20.5 Å². The van der Waals surface area contributed by atoms with Gasteiger partial charge in [-0.25, -0.2) is 0 Å². The number of ether oxygens (including phenoxy) is 2. The van der Waals surface area contributed by atoms with Gasteiger partial charge in [0.15, 0.2) is 11.5 Å². The number of fused-ring (bicyclic) bond motifs is 1. The molecule has 1 heterocycles. The molecule has 0 amide bonds. The minimum absolute atomic E-state index is 0.154. The Kier molecular flexibility index (Phi) is 4.14. The lowest BCUT2D eigenvalue weighted by atomic mass is 9.88. The van der Waals surface area contributed by atoms with E-state index in [1.54, 1.807) is 20.3 Å². The molecule has 0 saturated heterocycles. The van der Waals surface area contributed by atoms with Crippen LogP contribution in [0.4, 0.5) is 5.69 Å². The summed E-state index contributed by atoms with van der Waals surface area (Å²) in [5, 5.41) is 2.96. The van der Waals surface area contributed by atoms with Crippen LogP contribution in [0, 0.1) is 0 Å². The zero-order valence-electron chi connectivity index (χ0n) is 12.7. The maximum atomic E-state index is 6.18. The Balaban J connectivity index is 2.10. The van der Waals surface area contributed by atoms with Crippen LogP contribution in [0.2, 0.25) is 5.02 Å². The van der Waals surface area contributed by atoms with Gasteiger partial charge in [0.1, 0.15) is 6.04 Å². The number of nitrogen functional groups attached to an aromatic ring is 1. The summed E-state index contributed by atoms with van der Waals surface area (Å²) in [4.78, 5) is 0. The van der Waals surface area contributed by atoms with E-state index in [1.165, 1.54) is 11.1 Å². The van der Waals surface area contributed by atoms with Crippen molar-refractivity contribution in [2.45, 2.75) is 12.5 Å². The van der Waals surface area contributed by atoms with Crippen LogP contribution in [0.3, 0.4) is 0 Å². The molecule has 2 aromatic carbocycles. The van der Waals surface area contributed by atoms with Gasteiger partial charge in [0.25, 0.3) is 0 Å². The van der Waals surface area contributed by atoms with E-state index >= 15 is 0 Å². The summed E-state index contributed by atoms with van der Waals surface area (Å²) in [6.07, 6.45) is 1.000. The zero-order valence-corrected chi connectivity index (χ0v) is 13.5. The van der Waals surface area contributed by atoms with Crippen molar-refractivity contribution in [3.05, 3.63) is 52.0 Å². The highest BCUT2D eigenvalue weighted by molar-refractivity contribution is 6.30. The molecule has 0 spiro atoms. The molecule has 0 fully saturated rings. The first-order chi connectivity index (χ1) is 10.6. The summed E-state index contributed by atoms with van der Waals surface area (Å²) >= 11 is 6.02. The Hall–Kier alpha value is -1.91. The van der Waals surface area contributed by atoms with Gasteiger partial charge >= 0.3 is 0 Å². The Labute approximate surface area is 135 Å². The number of hydrogen-bond acceptors (Lipinski definition) is 3. The minimum atomic E-state index is 0.154. The third kappa shape index (κ3) is 2.60. The van der Waals surface area contributed by atoms with Crippen molar-refractivity contribution in [1.82, 2.24) is 0 Å². The second kappa shape index (κ2) is 6.07. The van der Waals surface area contributed by atoms with Gasteiger partial charge in [-0.3, -0.25) is 0 Å². The second-order valence-corrected chi connectivity index (χ2v) is 5.87. The van der Waals surface area contributed by atoms with E-state index in [1.807, 2.05) is 12.1 Å². The molecule has 22 heavy (non-hydrogen) atoms. The number of quaternary nitrogens is 1. The van der Waals surface area contributed by atoms with Gasteiger partial charge in [-0.1, -0.05) is 11.6 Å². The molecule has 1 aliphatic heterocycles. The standard InChI is InChI=1S/C17H19ClN2O2/c1-21-15-7-10-5-6-20-17(13(10)9-16(15)22-2)12-4-3-11(18)8-14(12)19/h3-4,7-9,17,20H,5-6,19H2,1-2H3/p+1/t17-/m0/s1. The van der Waals surface area contributed by atoms with Crippen LogP contribution in [-0.4, -0.2) is 20.8 Å². The second-order valence-electron chi connectivity index (χ2n) is 5.43. The fourth-order valence-electron chi connectivity index (χ4n) is 3.10. The highest BCUT2D eigenvalue weighted by atomic mass is 35.5. The lowest BCUT2D eigenvalue weighted by Gasteiger charge is -2.26. The van der Waals surface area contributed by atoms with Gasteiger partial charge < -0.3 is 20.5 Å². The summed E-state index contributed by atoms with van der Waals surface area (Å²) in [5.74, 6) is 1.51. The minimum Gasteiger partial charge on any atom is -0.493 e. The first-order valence-corrected chi connectivity index (χ1v) is 7.65. The number of hydrogen-bond donors (Lipinski definition) is 2. The van der Waals surface area contributed by atoms with Gasteiger partial charge in [-0.2, -0.15) is 0 Å². The molecule has 4 N–H and O–H groups in total. The predicted molar refractivity (Wildman–Crippen MR) is 87.7 cm³/mol. The van der Waals surface area contributed by atoms with Crippen molar-refractivity contribution in [2.24, 2.45) is 0 Å². The lowest BCUT2D eigenvalue weighted by molar-refractivity contribution is -0.689. The van der Waals surface area contributed by atoms with Gasteiger partial charge in [0.05, 0.1) is 20.8 Å². The highest BCUT2D eigenvalue weighted by Gasteiger charge is 2.28. The van der Waals surface area contributed by atoms with E-state index in [0.29, 0.717) is 5.02 Å². The predicted octanol–water partition coefficient (Wildman–Crippen LogP) is 2.15. The first kappa shape index (κ1) is 15.0. The number of benzene rings is 2. The molecular weight excluding hydrogens is 300 g/mol. The van der Waals surface area contributed by atoms with E-state index in [0.717, 1.165) is 35.7 Å². The molecule has 5 heteroatoms. The van der Waals surface area contributed by atoms with E-state index in [9.17, 15) is 0 Å².